The summed E-state index contributed by atoms with van der Waals surface area (Å²) in [7, 11) is 1.34. The van der Waals surface area contributed by atoms with Gasteiger partial charge in [-0.15, -0.1) is 0 Å². The van der Waals surface area contributed by atoms with Gasteiger partial charge in [-0.2, -0.15) is 16.1 Å². The molecule has 0 amide bonds. The summed E-state index contributed by atoms with van der Waals surface area (Å²) < 4.78 is 32.2. The van der Waals surface area contributed by atoms with E-state index < -0.39 is 10.0 Å². The highest BCUT2D eigenvalue weighted by atomic mass is 32.2. The Labute approximate surface area is 132 Å². The summed E-state index contributed by atoms with van der Waals surface area (Å²) in [5, 5.41) is 3.02. The number of benzene rings is 1. The highest BCUT2D eigenvalue weighted by Crippen LogP contribution is 2.28. The van der Waals surface area contributed by atoms with Gasteiger partial charge in [-0.25, -0.2) is 8.42 Å². The van der Waals surface area contributed by atoms with Crippen LogP contribution >= 0.6 is 11.8 Å². The van der Waals surface area contributed by atoms with Crippen molar-refractivity contribution in [3.8, 4) is 5.75 Å². The molecule has 0 aromatic heterocycles. The molecule has 0 heterocycles. The number of rotatable bonds is 8. The lowest BCUT2D eigenvalue weighted by atomic mass is 10.2. The summed E-state index contributed by atoms with van der Waals surface area (Å²) >= 11 is 1.62. The van der Waals surface area contributed by atoms with E-state index >= 15 is 0 Å². The summed E-state index contributed by atoms with van der Waals surface area (Å²) in [4.78, 5) is 0.216. The van der Waals surface area contributed by atoms with Crippen molar-refractivity contribution >= 4 is 21.8 Å². The molecule has 21 heavy (non-hydrogen) atoms. The van der Waals surface area contributed by atoms with Crippen LogP contribution < -0.4 is 10.1 Å². The molecule has 1 aromatic rings. The van der Waals surface area contributed by atoms with Gasteiger partial charge in [-0.1, -0.05) is 6.07 Å². The highest BCUT2D eigenvalue weighted by molar-refractivity contribution is 7.98. The minimum atomic E-state index is -3.58. The van der Waals surface area contributed by atoms with Crippen LogP contribution in [0.4, 0.5) is 0 Å². The number of nitrogens with zero attached hydrogens (tertiary/aromatic N) is 1. The van der Waals surface area contributed by atoms with E-state index in [-0.39, 0.29) is 10.9 Å². The van der Waals surface area contributed by atoms with Gasteiger partial charge in [0.15, 0.2) is 0 Å². The maximum absolute atomic E-state index is 12.8. The normalized spacial score (nSPS) is 13.4. The summed E-state index contributed by atoms with van der Waals surface area (Å²) in [5.41, 5.74) is 0.905. The average Bonchev–Trinajstić information content (AvgIpc) is 2.47. The molecule has 0 saturated carbocycles. The van der Waals surface area contributed by atoms with Crippen molar-refractivity contribution in [1.82, 2.24) is 9.62 Å². The number of ether oxygens (including phenoxy) is 1. The molecule has 0 aliphatic carbocycles. The van der Waals surface area contributed by atoms with Gasteiger partial charge < -0.3 is 10.1 Å². The minimum absolute atomic E-state index is 0.0809. The highest BCUT2D eigenvalue weighted by Gasteiger charge is 2.28. The van der Waals surface area contributed by atoms with Crippen molar-refractivity contribution in [2.45, 2.75) is 24.4 Å². The molecule has 1 unspecified atom stereocenters. The van der Waals surface area contributed by atoms with Gasteiger partial charge in [-0.05, 0) is 37.9 Å². The largest absolute Gasteiger partial charge is 0.495 e. The topological polar surface area (TPSA) is 58.6 Å². The zero-order valence-electron chi connectivity index (χ0n) is 13.2. The van der Waals surface area contributed by atoms with Gasteiger partial charge in [-0.3, -0.25) is 0 Å². The second kappa shape index (κ2) is 8.03. The maximum Gasteiger partial charge on any atom is 0.246 e. The molecule has 1 rings (SSSR count). The molecule has 0 bridgehead atoms. The van der Waals surface area contributed by atoms with Crippen LogP contribution in [0.25, 0.3) is 0 Å². The third kappa shape index (κ3) is 4.35. The van der Waals surface area contributed by atoms with E-state index in [1.807, 2.05) is 26.3 Å². The molecular formula is C14H24N2O3S2. The van der Waals surface area contributed by atoms with E-state index in [9.17, 15) is 8.42 Å². The molecule has 0 radical (unpaired) electrons. The number of hydrogen-bond donors (Lipinski definition) is 1. The molecule has 120 valence electrons. The molecule has 1 atom stereocenters. The van der Waals surface area contributed by atoms with E-state index in [1.165, 1.54) is 11.4 Å². The van der Waals surface area contributed by atoms with Crippen LogP contribution in [0.2, 0.25) is 0 Å². The Morgan fingerprint density at radius 3 is 2.62 bits per heavy atom. The summed E-state index contributed by atoms with van der Waals surface area (Å²) in [6.07, 6.45) is 1.96. The molecular weight excluding hydrogens is 308 g/mol. The van der Waals surface area contributed by atoms with Crippen molar-refractivity contribution in [3.63, 3.8) is 0 Å². The van der Waals surface area contributed by atoms with E-state index in [0.717, 1.165) is 11.3 Å². The summed E-state index contributed by atoms with van der Waals surface area (Å²) in [6.45, 7) is 2.51. The van der Waals surface area contributed by atoms with Gasteiger partial charge in [0.1, 0.15) is 10.6 Å². The SMILES string of the molecule is CNCc1ccc(OC)c(S(=O)(=O)N(C)C(C)CSC)c1. The third-order valence-corrected chi connectivity index (χ3v) is 6.10. The molecule has 5 nitrogen and oxygen atoms in total. The fourth-order valence-electron chi connectivity index (χ4n) is 1.97. The molecule has 0 spiro atoms. The number of methoxy groups -OCH3 is 1. The Kier molecular flexibility index (Phi) is 6.99. The maximum atomic E-state index is 12.8. The number of sulfonamides is 1. The predicted molar refractivity (Wildman–Crippen MR) is 88.6 cm³/mol. The van der Waals surface area contributed by atoms with Gasteiger partial charge in [0.25, 0.3) is 0 Å². The monoisotopic (exact) mass is 332 g/mol. The summed E-state index contributed by atoms with van der Waals surface area (Å²) in [6, 6.07) is 5.15. The summed E-state index contributed by atoms with van der Waals surface area (Å²) in [5.74, 6) is 1.12. The molecule has 7 heteroatoms. The number of thioether (sulfide) groups is 1. The lowest BCUT2D eigenvalue weighted by molar-refractivity contribution is 0.389. The molecule has 0 aliphatic rings. The Balaban J connectivity index is 3.25. The second-order valence-electron chi connectivity index (χ2n) is 4.84. The molecule has 1 aromatic carbocycles. The minimum Gasteiger partial charge on any atom is -0.495 e. The molecule has 0 saturated heterocycles. The van der Waals surface area contributed by atoms with Crippen molar-refractivity contribution in [1.29, 1.82) is 0 Å². The van der Waals surface area contributed by atoms with E-state index in [2.05, 4.69) is 5.32 Å². The van der Waals surface area contributed by atoms with E-state index in [1.54, 1.807) is 30.9 Å². The van der Waals surface area contributed by atoms with Crippen LogP contribution in [0.3, 0.4) is 0 Å². The first-order valence-electron chi connectivity index (χ1n) is 6.67. The standard InChI is InChI=1S/C14H24N2O3S2/c1-11(10-20-5)16(3)21(17,18)14-8-12(9-15-2)6-7-13(14)19-4/h6-8,11,15H,9-10H2,1-5H3. The Morgan fingerprint density at radius 1 is 1.43 bits per heavy atom. The average molecular weight is 332 g/mol. The van der Waals surface area contributed by atoms with Crippen molar-refractivity contribution in [2.75, 3.05) is 33.2 Å². The first-order chi connectivity index (χ1) is 9.88. The van der Waals surface area contributed by atoms with Crippen LogP contribution in [0, 0.1) is 0 Å². The predicted octanol–water partition coefficient (Wildman–Crippen LogP) is 1.79. The molecule has 0 fully saturated rings. The van der Waals surface area contributed by atoms with Gasteiger partial charge in [0, 0.05) is 25.4 Å². The van der Waals surface area contributed by atoms with Crippen LogP contribution in [0.15, 0.2) is 23.1 Å². The van der Waals surface area contributed by atoms with Crippen molar-refractivity contribution in [3.05, 3.63) is 23.8 Å². The first kappa shape index (κ1) is 18.3. The first-order valence-corrected chi connectivity index (χ1v) is 9.50. The van der Waals surface area contributed by atoms with Gasteiger partial charge in [0.05, 0.1) is 7.11 Å². The van der Waals surface area contributed by atoms with Crippen LogP contribution in [0.1, 0.15) is 12.5 Å². The van der Waals surface area contributed by atoms with Crippen molar-refractivity contribution in [2.24, 2.45) is 0 Å². The van der Waals surface area contributed by atoms with Crippen LogP contribution in [0.5, 0.6) is 5.75 Å². The van der Waals surface area contributed by atoms with E-state index in [4.69, 9.17) is 4.74 Å². The Bertz CT molecular complexity index is 561. The van der Waals surface area contributed by atoms with Gasteiger partial charge in [0.2, 0.25) is 10.0 Å². The van der Waals surface area contributed by atoms with Crippen LogP contribution in [-0.4, -0.2) is 52.0 Å². The molecule has 0 aliphatic heterocycles. The molecule has 1 N–H and O–H groups in total. The van der Waals surface area contributed by atoms with E-state index in [0.29, 0.717) is 12.3 Å². The zero-order valence-corrected chi connectivity index (χ0v) is 14.8. The quantitative estimate of drug-likeness (QED) is 0.786. The van der Waals surface area contributed by atoms with Crippen molar-refractivity contribution < 1.29 is 13.2 Å². The fraction of sp³-hybridized carbons (Fsp3) is 0.571. The lowest BCUT2D eigenvalue weighted by Gasteiger charge is -2.24. The number of nitrogens with one attached hydrogen (secondary N) is 1. The third-order valence-electron chi connectivity index (χ3n) is 3.29. The Hall–Kier alpha value is -0.760. The second-order valence-corrected chi connectivity index (χ2v) is 7.72. The van der Waals surface area contributed by atoms with Crippen LogP contribution in [-0.2, 0) is 16.6 Å². The van der Waals surface area contributed by atoms with Gasteiger partial charge >= 0.3 is 0 Å². The number of hydrogen-bond acceptors (Lipinski definition) is 5. The fourth-order valence-corrected chi connectivity index (χ4v) is 4.34. The smallest absolute Gasteiger partial charge is 0.246 e. The zero-order chi connectivity index (χ0) is 16.0. The lowest BCUT2D eigenvalue weighted by Crippen LogP contribution is -2.36. The Morgan fingerprint density at radius 2 is 2.10 bits per heavy atom.